The molecule has 0 atom stereocenters. The minimum absolute atomic E-state index is 0.164. The lowest BCUT2D eigenvalue weighted by molar-refractivity contribution is 0.222. The van der Waals surface area contributed by atoms with E-state index in [9.17, 15) is 0 Å². The van der Waals surface area contributed by atoms with Gasteiger partial charge in [0.15, 0.2) is 0 Å². The van der Waals surface area contributed by atoms with E-state index in [0.29, 0.717) is 11.9 Å². The van der Waals surface area contributed by atoms with Crippen LogP contribution in [-0.4, -0.2) is 60.7 Å². The summed E-state index contributed by atoms with van der Waals surface area (Å²) in [5, 5.41) is 0.164. The number of likely N-dealkylation sites (tertiary alicyclic amines) is 1. The minimum Gasteiger partial charge on any atom is -0.467 e. The smallest absolute Gasteiger partial charge is 0.322 e. The quantitative estimate of drug-likeness (QED) is 0.831. The molecule has 0 amide bonds. The summed E-state index contributed by atoms with van der Waals surface area (Å²) in [7, 11) is 5.66. The van der Waals surface area contributed by atoms with Gasteiger partial charge in [-0.15, -0.1) is 0 Å². The zero-order valence-corrected chi connectivity index (χ0v) is 12.4. The second-order valence-electron chi connectivity index (χ2n) is 5.02. The van der Waals surface area contributed by atoms with Crippen LogP contribution in [0.25, 0.3) is 0 Å². The first-order valence-corrected chi connectivity index (χ1v) is 6.81. The molecule has 1 saturated heterocycles. The van der Waals surface area contributed by atoms with Crippen LogP contribution in [0.3, 0.4) is 0 Å². The lowest BCUT2D eigenvalue weighted by atomic mass is 9.97. The van der Waals surface area contributed by atoms with Crippen LogP contribution in [0, 0.1) is 5.92 Å². The van der Waals surface area contributed by atoms with Gasteiger partial charge in [0.05, 0.1) is 7.11 Å². The van der Waals surface area contributed by atoms with Gasteiger partial charge >= 0.3 is 6.01 Å². The van der Waals surface area contributed by atoms with Crippen molar-refractivity contribution >= 4 is 17.5 Å². The predicted molar refractivity (Wildman–Crippen MR) is 74.9 cm³/mol. The third-order valence-electron chi connectivity index (χ3n) is 3.47. The Bertz CT molecular complexity index is 423. The Hall–Kier alpha value is -1.14. The number of methoxy groups -OCH3 is 1. The number of piperidine rings is 1. The summed E-state index contributed by atoms with van der Waals surface area (Å²) in [6.45, 7) is 3.23. The Morgan fingerprint density at radius 2 is 2.00 bits per heavy atom. The Balaban J connectivity index is 1.99. The standard InChI is InChI=1S/C12H20ClN5O/c1-17-6-4-9(5-7-17)8-18(2)11-14-10(13)15-12(16-11)19-3/h9H,4-8H2,1-3H3. The fourth-order valence-electron chi connectivity index (χ4n) is 2.30. The van der Waals surface area contributed by atoms with Gasteiger partial charge in [0, 0.05) is 13.6 Å². The highest BCUT2D eigenvalue weighted by Gasteiger charge is 2.20. The summed E-state index contributed by atoms with van der Waals surface area (Å²) in [5.41, 5.74) is 0. The Labute approximate surface area is 118 Å². The first-order chi connectivity index (χ1) is 9.08. The van der Waals surface area contributed by atoms with Crippen molar-refractivity contribution in [3.05, 3.63) is 5.28 Å². The monoisotopic (exact) mass is 285 g/mol. The van der Waals surface area contributed by atoms with Gasteiger partial charge in [-0.1, -0.05) is 0 Å². The van der Waals surface area contributed by atoms with E-state index in [0.717, 1.165) is 19.6 Å². The molecule has 2 rings (SSSR count). The third-order valence-corrected chi connectivity index (χ3v) is 3.64. The van der Waals surface area contributed by atoms with Crippen LogP contribution in [0.1, 0.15) is 12.8 Å². The summed E-state index contributed by atoms with van der Waals surface area (Å²) >= 11 is 5.86. The first kappa shape index (κ1) is 14.3. The lowest BCUT2D eigenvalue weighted by Gasteiger charge is -2.31. The van der Waals surface area contributed by atoms with Gasteiger partial charge in [-0.25, -0.2) is 0 Å². The maximum atomic E-state index is 5.86. The average Bonchev–Trinajstić information content (AvgIpc) is 2.40. The molecule has 1 fully saturated rings. The van der Waals surface area contributed by atoms with Crippen molar-refractivity contribution in [2.45, 2.75) is 12.8 Å². The molecule has 1 aliphatic heterocycles. The third kappa shape index (κ3) is 3.91. The van der Waals surface area contributed by atoms with Gasteiger partial charge in [0.25, 0.3) is 0 Å². The molecule has 0 aliphatic carbocycles. The van der Waals surface area contributed by atoms with E-state index in [4.69, 9.17) is 16.3 Å². The molecule has 0 radical (unpaired) electrons. The SMILES string of the molecule is COc1nc(Cl)nc(N(C)CC2CCN(C)CC2)n1. The number of aromatic nitrogens is 3. The van der Waals surface area contributed by atoms with Crippen molar-refractivity contribution in [2.75, 3.05) is 45.7 Å². The lowest BCUT2D eigenvalue weighted by Crippen LogP contribution is -2.36. The summed E-state index contributed by atoms with van der Waals surface area (Å²) in [6.07, 6.45) is 2.41. The van der Waals surface area contributed by atoms with Crippen molar-refractivity contribution < 1.29 is 4.74 Å². The molecule has 6 nitrogen and oxygen atoms in total. The van der Waals surface area contributed by atoms with Gasteiger partial charge in [-0.05, 0) is 50.5 Å². The van der Waals surface area contributed by atoms with E-state index in [1.165, 1.54) is 20.0 Å². The number of rotatable bonds is 4. The van der Waals surface area contributed by atoms with Crippen molar-refractivity contribution in [3.63, 3.8) is 0 Å². The number of ether oxygens (including phenoxy) is 1. The summed E-state index contributed by atoms with van der Waals surface area (Å²) in [6, 6.07) is 0.255. The summed E-state index contributed by atoms with van der Waals surface area (Å²) < 4.78 is 5.01. The maximum absolute atomic E-state index is 5.86. The van der Waals surface area contributed by atoms with Crippen LogP contribution in [-0.2, 0) is 0 Å². The fourth-order valence-corrected chi connectivity index (χ4v) is 2.45. The highest BCUT2D eigenvalue weighted by Crippen LogP contribution is 2.20. The number of hydrogen-bond acceptors (Lipinski definition) is 6. The summed E-state index contributed by atoms with van der Waals surface area (Å²) in [4.78, 5) is 16.6. The number of hydrogen-bond donors (Lipinski definition) is 0. The Morgan fingerprint density at radius 1 is 1.32 bits per heavy atom. The van der Waals surface area contributed by atoms with Gasteiger partial charge in [-0.3, -0.25) is 0 Å². The van der Waals surface area contributed by atoms with E-state index in [1.54, 1.807) is 0 Å². The normalized spacial score (nSPS) is 17.5. The topological polar surface area (TPSA) is 54.4 Å². The van der Waals surface area contributed by atoms with Crippen LogP contribution in [0.5, 0.6) is 6.01 Å². The van der Waals surface area contributed by atoms with Crippen molar-refractivity contribution in [2.24, 2.45) is 5.92 Å². The molecular weight excluding hydrogens is 266 g/mol. The van der Waals surface area contributed by atoms with Crippen molar-refractivity contribution in [1.82, 2.24) is 19.9 Å². The molecular formula is C12H20ClN5O. The van der Waals surface area contributed by atoms with Crippen molar-refractivity contribution in [1.29, 1.82) is 0 Å². The number of nitrogens with zero attached hydrogens (tertiary/aromatic N) is 5. The fraction of sp³-hybridized carbons (Fsp3) is 0.750. The molecule has 0 N–H and O–H groups in total. The van der Waals surface area contributed by atoms with Crippen molar-refractivity contribution in [3.8, 4) is 6.01 Å². The van der Waals surface area contributed by atoms with E-state index in [-0.39, 0.29) is 11.3 Å². The average molecular weight is 286 g/mol. The molecule has 0 aromatic carbocycles. The molecule has 0 saturated carbocycles. The molecule has 106 valence electrons. The van der Waals surface area contributed by atoms with Gasteiger partial charge in [0.2, 0.25) is 11.2 Å². The molecule has 19 heavy (non-hydrogen) atoms. The zero-order valence-electron chi connectivity index (χ0n) is 11.6. The first-order valence-electron chi connectivity index (χ1n) is 6.43. The Morgan fingerprint density at radius 3 is 2.63 bits per heavy atom. The molecule has 1 aliphatic rings. The zero-order chi connectivity index (χ0) is 13.8. The highest BCUT2D eigenvalue weighted by molar-refractivity contribution is 6.28. The van der Waals surface area contributed by atoms with E-state index < -0.39 is 0 Å². The van der Waals surface area contributed by atoms with Crippen LogP contribution < -0.4 is 9.64 Å². The van der Waals surface area contributed by atoms with Crippen LogP contribution >= 0.6 is 11.6 Å². The van der Waals surface area contributed by atoms with E-state index in [1.807, 2.05) is 11.9 Å². The molecule has 0 unspecified atom stereocenters. The number of anilines is 1. The molecule has 7 heteroatoms. The molecule has 0 spiro atoms. The largest absolute Gasteiger partial charge is 0.467 e. The summed E-state index contributed by atoms with van der Waals surface area (Å²) in [5.74, 6) is 1.23. The van der Waals surface area contributed by atoms with Gasteiger partial charge < -0.3 is 14.5 Å². The predicted octanol–water partition coefficient (Wildman–Crippen LogP) is 1.31. The molecule has 0 bridgehead atoms. The van der Waals surface area contributed by atoms with Gasteiger partial charge in [0.1, 0.15) is 0 Å². The molecule has 1 aromatic heterocycles. The minimum atomic E-state index is 0.164. The number of halogens is 1. The van der Waals surface area contributed by atoms with Crippen LogP contribution in [0.2, 0.25) is 5.28 Å². The Kier molecular flexibility index (Phi) is 4.76. The molecule has 2 heterocycles. The van der Waals surface area contributed by atoms with Gasteiger partial charge in [-0.2, -0.15) is 15.0 Å². The highest BCUT2D eigenvalue weighted by atomic mass is 35.5. The second kappa shape index (κ2) is 6.34. The van der Waals surface area contributed by atoms with E-state index >= 15 is 0 Å². The van der Waals surface area contributed by atoms with E-state index in [2.05, 4.69) is 26.9 Å². The van der Waals surface area contributed by atoms with Crippen LogP contribution in [0.15, 0.2) is 0 Å². The van der Waals surface area contributed by atoms with Crippen LogP contribution in [0.4, 0.5) is 5.95 Å². The molecule has 1 aromatic rings. The maximum Gasteiger partial charge on any atom is 0.322 e. The second-order valence-corrected chi connectivity index (χ2v) is 5.36.